The van der Waals surface area contributed by atoms with Gasteiger partial charge in [0.2, 0.25) is 0 Å². The molecule has 11 heteroatoms. The SMILES string of the molecule is C/C=C(\C=C/[NH2+]O)CC(c1ccc(OC(F)F)c(OC(F)F)c1)c1cnc(C2(O)CCCCC2)s1. The molecular weight excluding hydrogens is 488 g/mol. The summed E-state index contributed by atoms with van der Waals surface area (Å²) < 4.78 is 60.4. The molecule has 0 saturated heterocycles. The minimum Gasteiger partial charge on any atom is -0.431 e. The summed E-state index contributed by atoms with van der Waals surface area (Å²) in [5, 5.41) is 20.8. The van der Waals surface area contributed by atoms with Crippen LogP contribution in [-0.2, 0) is 5.60 Å². The lowest BCUT2D eigenvalue weighted by atomic mass is 9.85. The van der Waals surface area contributed by atoms with Crippen molar-refractivity contribution in [2.45, 2.75) is 70.2 Å². The number of benzene rings is 1. The van der Waals surface area contributed by atoms with Crippen molar-refractivity contribution in [2.24, 2.45) is 0 Å². The highest BCUT2D eigenvalue weighted by molar-refractivity contribution is 7.11. The Balaban J connectivity index is 2.03. The van der Waals surface area contributed by atoms with Gasteiger partial charge < -0.3 is 14.6 Å². The van der Waals surface area contributed by atoms with Crippen LogP contribution in [0.2, 0.25) is 0 Å². The molecule has 1 fully saturated rings. The number of nitrogens with zero attached hydrogens (tertiary/aromatic N) is 1. The van der Waals surface area contributed by atoms with E-state index in [0.29, 0.717) is 29.8 Å². The summed E-state index contributed by atoms with van der Waals surface area (Å²) in [6, 6.07) is 3.96. The highest BCUT2D eigenvalue weighted by Crippen LogP contribution is 2.43. The molecule has 1 heterocycles. The van der Waals surface area contributed by atoms with Gasteiger partial charge in [-0.15, -0.1) is 11.3 Å². The van der Waals surface area contributed by atoms with Crippen molar-refractivity contribution in [2.75, 3.05) is 0 Å². The number of thiazole rings is 1. The zero-order chi connectivity index (χ0) is 25.4. The highest BCUT2D eigenvalue weighted by Gasteiger charge is 2.35. The molecular formula is C24H29F4N2O4S+. The molecule has 1 aliphatic rings. The van der Waals surface area contributed by atoms with Crippen LogP contribution in [0.3, 0.4) is 0 Å². The summed E-state index contributed by atoms with van der Waals surface area (Å²) in [5.74, 6) is -1.41. The molecule has 1 aromatic heterocycles. The molecule has 1 saturated carbocycles. The molecule has 1 unspecified atom stereocenters. The van der Waals surface area contributed by atoms with E-state index in [1.165, 1.54) is 35.7 Å². The molecule has 0 amide bonds. The van der Waals surface area contributed by atoms with E-state index < -0.39 is 36.2 Å². The van der Waals surface area contributed by atoms with Gasteiger partial charge in [0.25, 0.3) is 0 Å². The molecule has 0 aliphatic heterocycles. The Morgan fingerprint density at radius 2 is 1.83 bits per heavy atom. The van der Waals surface area contributed by atoms with Crippen LogP contribution in [0.5, 0.6) is 11.5 Å². The lowest BCUT2D eigenvalue weighted by Crippen LogP contribution is -2.73. The lowest BCUT2D eigenvalue weighted by Gasteiger charge is -2.29. The molecule has 0 spiro atoms. The second kappa shape index (κ2) is 12.5. The van der Waals surface area contributed by atoms with E-state index in [1.54, 1.807) is 12.3 Å². The smallest absolute Gasteiger partial charge is 0.387 e. The number of hydrogen-bond acceptors (Lipinski definition) is 6. The maximum atomic E-state index is 13.0. The van der Waals surface area contributed by atoms with Crippen molar-refractivity contribution in [3.8, 4) is 11.5 Å². The summed E-state index contributed by atoms with van der Waals surface area (Å²) in [6.45, 7) is -4.61. The van der Waals surface area contributed by atoms with Gasteiger partial charge in [0, 0.05) is 17.0 Å². The number of halogens is 4. The summed E-state index contributed by atoms with van der Waals surface area (Å²) in [4.78, 5) is 5.26. The third kappa shape index (κ3) is 7.26. The first kappa shape index (κ1) is 27.1. The number of hydrogen-bond donors (Lipinski definition) is 3. The maximum Gasteiger partial charge on any atom is 0.387 e. The largest absolute Gasteiger partial charge is 0.431 e. The molecule has 192 valence electrons. The van der Waals surface area contributed by atoms with Gasteiger partial charge in [-0.3, -0.25) is 0 Å². The van der Waals surface area contributed by atoms with Crippen molar-refractivity contribution in [3.63, 3.8) is 0 Å². The zero-order valence-corrected chi connectivity index (χ0v) is 20.0. The van der Waals surface area contributed by atoms with E-state index in [0.717, 1.165) is 35.2 Å². The maximum absolute atomic E-state index is 13.0. The Morgan fingerprint density at radius 3 is 2.46 bits per heavy atom. The van der Waals surface area contributed by atoms with E-state index >= 15 is 0 Å². The van der Waals surface area contributed by atoms with Gasteiger partial charge in [-0.2, -0.15) is 23.0 Å². The molecule has 6 nitrogen and oxygen atoms in total. The van der Waals surface area contributed by atoms with Crippen molar-refractivity contribution >= 4 is 11.3 Å². The predicted octanol–water partition coefficient (Wildman–Crippen LogP) is 5.43. The van der Waals surface area contributed by atoms with Gasteiger partial charge in [-0.1, -0.05) is 31.4 Å². The number of ether oxygens (including phenoxy) is 2. The molecule has 1 aliphatic carbocycles. The summed E-state index contributed by atoms with van der Waals surface area (Å²) >= 11 is 1.34. The molecule has 2 aromatic rings. The van der Waals surface area contributed by atoms with E-state index in [4.69, 9.17) is 5.21 Å². The van der Waals surface area contributed by atoms with E-state index in [1.807, 2.05) is 13.0 Å². The minimum atomic E-state index is -3.23. The van der Waals surface area contributed by atoms with Crippen molar-refractivity contribution in [1.82, 2.24) is 4.98 Å². The average Bonchev–Trinajstić information content (AvgIpc) is 3.31. The number of allylic oxidation sites excluding steroid dienone is 3. The standard InChI is InChI=1S/C24H28F4N2O4S/c1-2-15(8-11-30-32)12-17(20-14-29-21(35-20)24(31)9-4-3-5-10-24)16-6-7-18(33-22(25)26)19(13-16)34-23(27)28/h2,6-8,11,13-14,17,22-23,30-32H,3-5,9-10,12H2,1H3/p+1/b11-8-,15-2+. The molecule has 1 aromatic carbocycles. The minimum absolute atomic E-state index is 0.393. The van der Waals surface area contributed by atoms with Gasteiger partial charge in [-0.05, 0) is 55.5 Å². The van der Waals surface area contributed by atoms with E-state index in [-0.39, 0.29) is 0 Å². The molecule has 4 N–H and O–H groups in total. The number of aliphatic hydroxyl groups is 1. The van der Waals surface area contributed by atoms with Gasteiger partial charge >= 0.3 is 13.2 Å². The summed E-state index contributed by atoms with van der Waals surface area (Å²) in [6.07, 6.45) is 11.1. The van der Waals surface area contributed by atoms with Gasteiger partial charge in [0.05, 0.1) is 0 Å². The van der Waals surface area contributed by atoms with E-state index in [9.17, 15) is 22.7 Å². The highest BCUT2D eigenvalue weighted by atomic mass is 32.1. The van der Waals surface area contributed by atoms with Crippen LogP contribution in [0.4, 0.5) is 17.6 Å². The second-order valence-corrected chi connectivity index (χ2v) is 9.31. The number of rotatable bonds is 11. The number of hydroxylamine groups is 1. The van der Waals surface area contributed by atoms with Crippen LogP contribution >= 0.6 is 11.3 Å². The van der Waals surface area contributed by atoms with Crippen LogP contribution in [0.1, 0.15) is 66.8 Å². The third-order valence-corrected chi connectivity index (χ3v) is 7.26. The fraction of sp³-hybridized carbons (Fsp3) is 0.458. The Bertz CT molecular complexity index is 1020. The topological polar surface area (TPSA) is 88.4 Å². The number of nitrogens with two attached hydrogens (primary N) is 1. The van der Waals surface area contributed by atoms with Crippen LogP contribution < -0.4 is 15.0 Å². The number of alkyl halides is 4. The fourth-order valence-electron chi connectivity index (χ4n) is 4.20. The van der Waals surface area contributed by atoms with Crippen molar-refractivity contribution in [1.29, 1.82) is 0 Å². The number of aromatic nitrogens is 1. The number of quaternary nitrogens is 1. The molecule has 1 atom stereocenters. The Labute approximate surface area is 204 Å². The average molecular weight is 518 g/mol. The monoisotopic (exact) mass is 517 g/mol. The molecule has 0 radical (unpaired) electrons. The fourth-order valence-corrected chi connectivity index (χ4v) is 5.39. The Kier molecular flexibility index (Phi) is 9.67. The molecule has 35 heavy (non-hydrogen) atoms. The van der Waals surface area contributed by atoms with E-state index in [2.05, 4.69) is 14.5 Å². The zero-order valence-electron chi connectivity index (χ0n) is 19.2. The van der Waals surface area contributed by atoms with Crippen LogP contribution in [0.25, 0.3) is 0 Å². The van der Waals surface area contributed by atoms with Crippen LogP contribution in [0, 0.1) is 0 Å². The van der Waals surface area contributed by atoms with Gasteiger partial charge in [0.15, 0.2) is 11.5 Å². The second-order valence-electron chi connectivity index (χ2n) is 8.25. The summed E-state index contributed by atoms with van der Waals surface area (Å²) in [7, 11) is 0. The first-order valence-corrected chi connectivity index (χ1v) is 12.1. The first-order chi connectivity index (χ1) is 16.8. The van der Waals surface area contributed by atoms with Crippen molar-refractivity contribution < 1.29 is 42.8 Å². The third-order valence-electron chi connectivity index (χ3n) is 5.96. The van der Waals surface area contributed by atoms with Gasteiger partial charge in [0.1, 0.15) is 16.8 Å². The van der Waals surface area contributed by atoms with Crippen molar-refractivity contribution in [3.05, 3.63) is 63.8 Å². The van der Waals surface area contributed by atoms with Gasteiger partial charge in [-0.25, -0.2) is 10.2 Å². The van der Waals surface area contributed by atoms with Crippen LogP contribution in [0.15, 0.2) is 48.3 Å². The Morgan fingerprint density at radius 1 is 1.14 bits per heavy atom. The summed E-state index contributed by atoms with van der Waals surface area (Å²) in [5.41, 5.74) is 1.25. The lowest BCUT2D eigenvalue weighted by molar-refractivity contribution is -0.838. The Hall–Kier alpha value is -2.47. The molecule has 0 bridgehead atoms. The van der Waals surface area contributed by atoms with Crippen LogP contribution in [-0.4, -0.2) is 28.5 Å². The first-order valence-electron chi connectivity index (χ1n) is 11.3. The molecule has 3 rings (SSSR count). The quantitative estimate of drug-likeness (QED) is 0.210. The predicted molar refractivity (Wildman–Crippen MR) is 122 cm³/mol. The normalized spacial score (nSPS) is 17.3.